The van der Waals surface area contributed by atoms with E-state index in [4.69, 9.17) is 0 Å². The van der Waals surface area contributed by atoms with E-state index >= 15 is 0 Å². The van der Waals surface area contributed by atoms with E-state index < -0.39 is 0 Å². The Labute approximate surface area is 202 Å². The molecule has 30 heavy (non-hydrogen) atoms. The van der Waals surface area contributed by atoms with E-state index in [2.05, 4.69) is 91.8 Å². The lowest BCUT2D eigenvalue weighted by molar-refractivity contribution is 0.885. The molecule has 0 atom stereocenters. The van der Waals surface area contributed by atoms with Gasteiger partial charge in [0.1, 0.15) is 0 Å². The van der Waals surface area contributed by atoms with Gasteiger partial charge >= 0.3 is 0 Å². The van der Waals surface area contributed by atoms with E-state index in [1.54, 1.807) is 0 Å². The van der Waals surface area contributed by atoms with E-state index in [0.717, 1.165) is 12.8 Å². The Morgan fingerprint density at radius 3 is 1.13 bits per heavy atom. The zero-order chi connectivity index (χ0) is 22.3. The van der Waals surface area contributed by atoms with Gasteiger partial charge in [0.15, 0.2) is 0 Å². The van der Waals surface area contributed by atoms with Gasteiger partial charge in [-0.3, -0.25) is 0 Å². The molecule has 0 saturated carbocycles. The van der Waals surface area contributed by atoms with Gasteiger partial charge in [0.05, 0.1) is 0 Å². The fourth-order valence-electron chi connectivity index (χ4n) is 3.22. The summed E-state index contributed by atoms with van der Waals surface area (Å²) in [5.74, 6) is 0. The summed E-state index contributed by atoms with van der Waals surface area (Å²) in [6.07, 6.45) is 2.20. The minimum Gasteiger partial charge on any atom is -0.122 e. The molecule has 2 rings (SSSR count). The molecule has 0 aliphatic heterocycles. The maximum atomic E-state index is 2.34. The molecule has 0 N–H and O–H groups in total. The second-order valence-electron chi connectivity index (χ2n) is 8.66. The molecular formula is C26H38S4. The Bertz CT molecular complexity index is 726. The lowest BCUT2D eigenvalue weighted by Gasteiger charge is -2.19. The zero-order valence-corrected chi connectivity index (χ0v) is 23.1. The summed E-state index contributed by atoms with van der Waals surface area (Å²) in [5.41, 5.74) is 3.00. The van der Waals surface area contributed by atoms with Crippen molar-refractivity contribution in [1.29, 1.82) is 0 Å². The molecule has 2 aromatic carbocycles. The van der Waals surface area contributed by atoms with Crippen molar-refractivity contribution in [2.45, 2.75) is 109 Å². The third-order valence-electron chi connectivity index (χ3n) is 4.22. The minimum atomic E-state index is 0.593. The Balaban J connectivity index is 2.34. The molecule has 0 spiro atoms. The highest BCUT2D eigenvalue weighted by Crippen LogP contribution is 2.40. The van der Waals surface area contributed by atoms with E-state index in [9.17, 15) is 0 Å². The molecule has 0 bridgehead atoms. The summed E-state index contributed by atoms with van der Waals surface area (Å²) in [6, 6.07) is 13.8. The molecule has 166 valence electrons. The van der Waals surface area contributed by atoms with Gasteiger partial charge < -0.3 is 0 Å². The molecule has 0 amide bonds. The lowest BCUT2D eigenvalue weighted by atomic mass is 10.0. The first-order valence-corrected chi connectivity index (χ1v) is 14.6. The molecule has 0 heterocycles. The van der Waals surface area contributed by atoms with Crippen molar-refractivity contribution in [3.05, 3.63) is 47.5 Å². The Hall–Kier alpha value is -0.160. The average molecular weight is 479 g/mol. The molecule has 0 aromatic heterocycles. The van der Waals surface area contributed by atoms with Crippen LogP contribution in [0.25, 0.3) is 0 Å². The largest absolute Gasteiger partial charge is 0.122 e. The summed E-state index contributed by atoms with van der Waals surface area (Å²) in [4.78, 5) is 5.89. The Morgan fingerprint density at radius 2 is 0.833 bits per heavy atom. The molecule has 2 aromatic rings. The van der Waals surface area contributed by atoms with Crippen LogP contribution in [0.5, 0.6) is 0 Å². The van der Waals surface area contributed by atoms with Gasteiger partial charge in [0, 0.05) is 40.6 Å². The monoisotopic (exact) mass is 478 g/mol. The third kappa shape index (κ3) is 8.41. The van der Waals surface area contributed by atoms with Crippen LogP contribution in [0.15, 0.2) is 56.0 Å². The molecular weight excluding hydrogens is 441 g/mol. The third-order valence-corrected chi connectivity index (χ3v) is 8.98. The lowest BCUT2D eigenvalue weighted by Crippen LogP contribution is -2.01. The van der Waals surface area contributed by atoms with E-state index in [0.29, 0.717) is 21.0 Å². The highest BCUT2D eigenvalue weighted by Gasteiger charge is 2.16. The maximum absolute atomic E-state index is 2.34. The van der Waals surface area contributed by atoms with Crippen molar-refractivity contribution in [3.8, 4) is 0 Å². The summed E-state index contributed by atoms with van der Waals surface area (Å²) in [5, 5.41) is 2.39. The van der Waals surface area contributed by atoms with E-state index in [1.807, 2.05) is 47.0 Å². The maximum Gasteiger partial charge on any atom is 0.0243 e. The summed E-state index contributed by atoms with van der Waals surface area (Å²) in [6.45, 7) is 18.3. The first kappa shape index (κ1) is 26.1. The fraction of sp³-hybridized carbons (Fsp3) is 0.538. The van der Waals surface area contributed by atoms with Crippen LogP contribution in [0, 0.1) is 0 Å². The van der Waals surface area contributed by atoms with Crippen molar-refractivity contribution < 1.29 is 0 Å². The van der Waals surface area contributed by atoms with Crippen LogP contribution in [-0.4, -0.2) is 21.0 Å². The van der Waals surface area contributed by atoms with Crippen LogP contribution >= 0.6 is 47.0 Å². The molecule has 0 radical (unpaired) electrons. The van der Waals surface area contributed by atoms with Crippen molar-refractivity contribution in [2.75, 3.05) is 0 Å². The van der Waals surface area contributed by atoms with Crippen LogP contribution in [0.4, 0.5) is 0 Å². The first-order valence-electron chi connectivity index (χ1n) is 11.1. The molecule has 0 fully saturated rings. The average Bonchev–Trinajstić information content (AvgIpc) is 2.62. The number of thioether (sulfide) groups is 4. The van der Waals surface area contributed by atoms with Gasteiger partial charge in [-0.25, -0.2) is 0 Å². The number of rotatable bonds is 11. The van der Waals surface area contributed by atoms with Gasteiger partial charge in [-0.15, -0.1) is 47.0 Å². The fourth-order valence-corrected chi connectivity index (χ4v) is 7.56. The van der Waals surface area contributed by atoms with Crippen LogP contribution in [0.2, 0.25) is 0 Å². The van der Waals surface area contributed by atoms with Crippen LogP contribution in [0.1, 0.15) is 66.5 Å². The zero-order valence-electron chi connectivity index (χ0n) is 19.8. The molecule has 0 aliphatic carbocycles. The normalized spacial score (nSPS) is 12.0. The summed E-state index contributed by atoms with van der Waals surface area (Å²) >= 11 is 8.04. The molecule has 0 aliphatic rings. The van der Waals surface area contributed by atoms with Gasteiger partial charge in [-0.05, 0) is 36.1 Å². The topological polar surface area (TPSA) is 0 Å². The van der Waals surface area contributed by atoms with Crippen molar-refractivity contribution in [1.82, 2.24) is 0 Å². The van der Waals surface area contributed by atoms with Gasteiger partial charge in [0.2, 0.25) is 0 Å². The quantitative estimate of drug-likeness (QED) is 0.295. The van der Waals surface area contributed by atoms with Crippen molar-refractivity contribution in [3.63, 3.8) is 0 Å². The van der Waals surface area contributed by atoms with Gasteiger partial charge in [-0.1, -0.05) is 79.7 Å². The second kappa shape index (κ2) is 12.8. The Kier molecular flexibility index (Phi) is 11.1. The van der Waals surface area contributed by atoms with Crippen LogP contribution in [-0.2, 0) is 12.8 Å². The van der Waals surface area contributed by atoms with Crippen LogP contribution in [0.3, 0.4) is 0 Å². The van der Waals surface area contributed by atoms with Crippen molar-refractivity contribution in [2.24, 2.45) is 0 Å². The van der Waals surface area contributed by atoms with Crippen LogP contribution < -0.4 is 0 Å². The SMILES string of the molecule is CC(C)Sc1cccc(CCc2cccc(SC(C)C)c2SC(C)C)c1SC(C)C. The number of benzene rings is 2. The van der Waals surface area contributed by atoms with E-state index in [1.165, 1.54) is 30.7 Å². The Morgan fingerprint density at radius 1 is 0.500 bits per heavy atom. The molecule has 0 unspecified atom stereocenters. The number of aryl methyl sites for hydroxylation is 2. The number of hydrogen-bond donors (Lipinski definition) is 0. The van der Waals surface area contributed by atoms with Gasteiger partial charge in [-0.2, -0.15) is 0 Å². The standard InChI is InChI=1S/C26H38S4/c1-17(2)27-23-13-9-11-21(25(23)29-19(5)6)15-16-22-12-10-14-24(28-18(3)4)26(22)30-20(7)8/h9-14,17-20H,15-16H2,1-8H3. The molecule has 4 heteroatoms. The van der Waals surface area contributed by atoms with Gasteiger partial charge in [0.25, 0.3) is 0 Å². The minimum absolute atomic E-state index is 0.593. The smallest absolute Gasteiger partial charge is 0.0243 e. The van der Waals surface area contributed by atoms with Crippen molar-refractivity contribution >= 4 is 47.0 Å². The summed E-state index contributed by atoms with van der Waals surface area (Å²) < 4.78 is 0. The van der Waals surface area contributed by atoms with E-state index in [-0.39, 0.29) is 0 Å². The first-order chi connectivity index (χ1) is 14.2. The second-order valence-corrected chi connectivity index (χ2v) is 15.1. The highest BCUT2D eigenvalue weighted by atomic mass is 32.2. The predicted molar refractivity (Wildman–Crippen MR) is 144 cm³/mol. The summed E-state index contributed by atoms with van der Waals surface area (Å²) in [7, 11) is 0. The highest BCUT2D eigenvalue weighted by molar-refractivity contribution is 8.03. The number of hydrogen-bond acceptors (Lipinski definition) is 4. The predicted octanol–water partition coefficient (Wildman–Crippen LogP) is 9.47. The molecule has 0 saturated heterocycles. The molecule has 0 nitrogen and oxygen atoms in total.